The topological polar surface area (TPSA) is 38.8 Å². The number of methoxy groups -OCH3 is 2. The van der Waals surface area contributed by atoms with Gasteiger partial charge in [-0.25, -0.2) is 0 Å². The summed E-state index contributed by atoms with van der Waals surface area (Å²) in [7, 11) is 3.37. The van der Waals surface area contributed by atoms with Crippen LogP contribution >= 0.6 is 0 Å². The minimum Gasteiger partial charge on any atom is -0.383 e. The van der Waals surface area contributed by atoms with Gasteiger partial charge in [0.05, 0.1) is 19.3 Å². The number of nitrogens with zero attached hydrogens (tertiary/aromatic N) is 1. The molecule has 15 heavy (non-hydrogen) atoms. The van der Waals surface area contributed by atoms with Gasteiger partial charge in [0.2, 0.25) is 0 Å². The van der Waals surface area contributed by atoms with E-state index < -0.39 is 0 Å². The van der Waals surface area contributed by atoms with E-state index >= 15 is 0 Å². The molecule has 1 atom stereocenters. The number of rotatable bonds is 7. The van der Waals surface area contributed by atoms with E-state index in [0.29, 0.717) is 19.0 Å². The maximum atomic E-state index is 11.6. The highest BCUT2D eigenvalue weighted by Crippen LogP contribution is 2.19. The van der Waals surface area contributed by atoms with Crippen LogP contribution in [-0.4, -0.2) is 57.2 Å². The predicted molar refractivity (Wildman–Crippen MR) is 58.0 cm³/mol. The molecule has 0 radical (unpaired) electrons. The average Bonchev–Trinajstić information content (AvgIpc) is 2.65. The lowest BCUT2D eigenvalue weighted by molar-refractivity contribution is -0.122. The molecule has 0 aromatic rings. The summed E-state index contributed by atoms with van der Waals surface area (Å²) in [6.07, 6.45) is 2.76. The third-order valence-electron chi connectivity index (χ3n) is 2.88. The maximum absolute atomic E-state index is 11.6. The molecule has 0 N–H and O–H groups in total. The van der Waals surface area contributed by atoms with Crippen LogP contribution in [0.2, 0.25) is 0 Å². The number of ketones is 1. The van der Waals surface area contributed by atoms with Crippen molar-refractivity contribution in [1.82, 2.24) is 4.90 Å². The number of ether oxygens (including phenoxy) is 2. The summed E-state index contributed by atoms with van der Waals surface area (Å²) < 4.78 is 10.1. The smallest absolute Gasteiger partial charge is 0.149 e. The van der Waals surface area contributed by atoms with Crippen LogP contribution in [0.4, 0.5) is 0 Å². The van der Waals surface area contributed by atoms with Crippen LogP contribution in [0.5, 0.6) is 0 Å². The van der Waals surface area contributed by atoms with E-state index in [4.69, 9.17) is 9.47 Å². The largest absolute Gasteiger partial charge is 0.383 e. The normalized spacial score (nSPS) is 21.5. The van der Waals surface area contributed by atoms with Gasteiger partial charge in [0.15, 0.2) is 0 Å². The first-order valence-electron chi connectivity index (χ1n) is 5.54. The first-order valence-corrected chi connectivity index (χ1v) is 5.54. The molecular weight excluding hydrogens is 194 g/mol. The zero-order chi connectivity index (χ0) is 11.1. The molecule has 0 aliphatic heterocycles. The van der Waals surface area contributed by atoms with E-state index in [9.17, 15) is 4.79 Å². The summed E-state index contributed by atoms with van der Waals surface area (Å²) in [6, 6.07) is 0.107. The molecule has 1 aliphatic rings. The lowest BCUT2D eigenvalue weighted by atomic mass is 10.2. The SMILES string of the molecule is COCCN(CCOC)C1CCCC1=O. The molecule has 0 heterocycles. The molecule has 88 valence electrons. The monoisotopic (exact) mass is 215 g/mol. The molecule has 0 bridgehead atoms. The first kappa shape index (κ1) is 12.6. The summed E-state index contributed by atoms with van der Waals surface area (Å²) in [5.74, 6) is 0.377. The molecule has 0 amide bonds. The van der Waals surface area contributed by atoms with E-state index in [1.807, 2.05) is 0 Å². The van der Waals surface area contributed by atoms with E-state index in [2.05, 4.69) is 4.90 Å². The van der Waals surface area contributed by atoms with Crippen LogP contribution in [0.3, 0.4) is 0 Å². The Morgan fingerprint density at radius 1 is 1.27 bits per heavy atom. The third-order valence-corrected chi connectivity index (χ3v) is 2.88. The van der Waals surface area contributed by atoms with Crippen molar-refractivity contribution in [1.29, 1.82) is 0 Å². The molecule has 4 heteroatoms. The molecule has 0 spiro atoms. The van der Waals surface area contributed by atoms with Crippen LogP contribution in [0.15, 0.2) is 0 Å². The first-order chi connectivity index (χ1) is 7.29. The van der Waals surface area contributed by atoms with Gasteiger partial charge in [-0.05, 0) is 12.8 Å². The van der Waals surface area contributed by atoms with Gasteiger partial charge in [-0.2, -0.15) is 0 Å². The van der Waals surface area contributed by atoms with Gasteiger partial charge in [0.25, 0.3) is 0 Å². The van der Waals surface area contributed by atoms with Crippen molar-refractivity contribution < 1.29 is 14.3 Å². The summed E-state index contributed by atoms with van der Waals surface area (Å²) >= 11 is 0. The Balaban J connectivity index is 2.42. The fraction of sp³-hybridized carbons (Fsp3) is 0.909. The summed E-state index contributed by atoms with van der Waals surface area (Å²) in [4.78, 5) is 13.8. The Hall–Kier alpha value is -0.450. The molecule has 1 saturated carbocycles. The summed E-state index contributed by atoms with van der Waals surface area (Å²) in [6.45, 7) is 2.98. The third kappa shape index (κ3) is 3.89. The van der Waals surface area contributed by atoms with E-state index in [0.717, 1.165) is 32.4 Å². The molecule has 0 saturated heterocycles. The molecule has 1 fully saturated rings. The minimum absolute atomic E-state index is 0.107. The Morgan fingerprint density at radius 3 is 2.27 bits per heavy atom. The Kier molecular flexibility index (Phi) is 5.83. The van der Waals surface area contributed by atoms with E-state index in [-0.39, 0.29) is 6.04 Å². The van der Waals surface area contributed by atoms with Gasteiger partial charge in [0.1, 0.15) is 5.78 Å². The number of carbonyl (C=O) groups excluding carboxylic acids is 1. The molecule has 0 aromatic carbocycles. The summed E-state index contributed by atoms with van der Waals surface area (Å²) in [5.41, 5.74) is 0. The van der Waals surface area contributed by atoms with Crippen molar-refractivity contribution in [3.05, 3.63) is 0 Å². The average molecular weight is 215 g/mol. The van der Waals surface area contributed by atoms with Crippen molar-refractivity contribution in [3.63, 3.8) is 0 Å². The highest BCUT2D eigenvalue weighted by atomic mass is 16.5. The van der Waals surface area contributed by atoms with E-state index in [1.54, 1.807) is 14.2 Å². The van der Waals surface area contributed by atoms with Gasteiger partial charge in [-0.15, -0.1) is 0 Å². The highest BCUT2D eigenvalue weighted by molar-refractivity contribution is 5.85. The predicted octanol–water partition coefficient (Wildman–Crippen LogP) is 0.703. The number of hydrogen-bond acceptors (Lipinski definition) is 4. The Labute approximate surface area is 91.5 Å². The Morgan fingerprint density at radius 2 is 1.87 bits per heavy atom. The molecule has 4 nitrogen and oxygen atoms in total. The highest BCUT2D eigenvalue weighted by Gasteiger charge is 2.29. The summed E-state index contributed by atoms with van der Waals surface area (Å²) in [5, 5.41) is 0. The second kappa shape index (κ2) is 6.93. The van der Waals surface area contributed by atoms with Gasteiger partial charge in [-0.1, -0.05) is 0 Å². The van der Waals surface area contributed by atoms with Gasteiger partial charge in [0, 0.05) is 33.7 Å². The van der Waals surface area contributed by atoms with Crippen molar-refractivity contribution in [2.24, 2.45) is 0 Å². The van der Waals surface area contributed by atoms with Crippen molar-refractivity contribution in [2.45, 2.75) is 25.3 Å². The second-order valence-electron chi connectivity index (χ2n) is 3.90. The van der Waals surface area contributed by atoms with Crippen LogP contribution in [0.25, 0.3) is 0 Å². The zero-order valence-electron chi connectivity index (χ0n) is 9.70. The van der Waals surface area contributed by atoms with Crippen LogP contribution in [0.1, 0.15) is 19.3 Å². The number of carbonyl (C=O) groups is 1. The van der Waals surface area contributed by atoms with Crippen molar-refractivity contribution in [3.8, 4) is 0 Å². The molecule has 1 unspecified atom stereocenters. The fourth-order valence-electron chi connectivity index (χ4n) is 2.02. The van der Waals surface area contributed by atoms with Crippen LogP contribution in [-0.2, 0) is 14.3 Å². The van der Waals surface area contributed by atoms with Gasteiger partial charge in [-0.3, -0.25) is 9.69 Å². The van der Waals surface area contributed by atoms with E-state index in [1.165, 1.54) is 0 Å². The molecular formula is C11H21NO3. The Bertz CT molecular complexity index is 188. The lowest BCUT2D eigenvalue weighted by Crippen LogP contribution is -2.42. The van der Waals surface area contributed by atoms with Gasteiger partial charge < -0.3 is 9.47 Å². The standard InChI is InChI=1S/C11H21NO3/c1-14-8-6-12(7-9-15-2)10-4-3-5-11(10)13/h10H,3-9H2,1-2H3. The molecule has 1 aliphatic carbocycles. The number of Topliss-reactive ketones (excluding diaryl/α,β-unsaturated/α-hetero) is 1. The van der Waals surface area contributed by atoms with Crippen molar-refractivity contribution in [2.75, 3.05) is 40.5 Å². The quantitative estimate of drug-likeness (QED) is 0.627. The van der Waals surface area contributed by atoms with Crippen LogP contribution < -0.4 is 0 Å². The minimum atomic E-state index is 0.107. The zero-order valence-corrected chi connectivity index (χ0v) is 9.70. The number of hydrogen-bond donors (Lipinski definition) is 0. The van der Waals surface area contributed by atoms with Crippen LogP contribution in [0, 0.1) is 0 Å². The van der Waals surface area contributed by atoms with Gasteiger partial charge >= 0.3 is 0 Å². The van der Waals surface area contributed by atoms with Crippen molar-refractivity contribution >= 4 is 5.78 Å². The molecule has 0 aromatic heterocycles. The maximum Gasteiger partial charge on any atom is 0.149 e. The molecule has 1 rings (SSSR count). The lowest BCUT2D eigenvalue weighted by Gasteiger charge is -2.26. The second-order valence-corrected chi connectivity index (χ2v) is 3.90. The fourth-order valence-corrected chi connectivity index (χ4v) is 2.02.